The Balaban J connectivity index is 2.76. The van der Waals surface area contributed by atoms with Crippen LogP contribution in [0.1, 0.15) is 12.5 Å². The van der Waals surface area contributed by atoms with Crippen molar-refractivity contribution in [3.63, 3.8) is 0 Å². The van der Waals surface area contributed by atoms with Gasteiger partial charge >= 0.3 is 8.56 Å². The van der Waals surface area contributed by atoms with Gasteiger partial charge in [0, 0.05) is 7.11 Å². The highest BCUT2D eigenvalue weighted by molar-refractivity contribution is 6.66. The van der Waals surface area contributed by atoms with E-state index in [1.165, 1.54) is 0 Å². The lowest BCUT2D eigenvalue weighted by Crippen LogP contribution is -2.39. The van der Waals surface area contributed by atoms with Crippen LogP contribution in [0.25, 0.3) is 6.08 Å². The van der Waals surface area contributed by atoms with E-state index < -0.39 is 8.56 Å². The van der Waals surface area contributed by atoms with Gasteiger partial charge in [-0.15, -0.1) is 0 Å². The quantitative estimate of drug-likeness (QED) is 0.710. The van der Waals surface area contributed by atoms with Crippen molar-refractivity contribution in [1.82, 2.24) is 0 Å². The van der Waals surface area contributed by atoms with Gasteiger partial charge in [-0.1, -0.05) is 31.7 Å². The molecule has 1 rings (SSSR count). The Morgan fingerprint density at radius 1 is 1.33 bits per heavy atom. The van der Waals surface area contributed by atoms with Crippen molar-refractivity contribution >= 4 is 14.6 Å². The summed E-state index contributed by atoms with van der Waals surface area (Å²) in [4.78, 5) is 0. The smallest absolute Gasteiger partial charge is 0.395 e. The van der Waals surface area contributed by atoms with Gasteiger partial charge in [-0.3, -0.25) is 0 Å². The second-order valence-electron chi connectivity index (χ2n) is 3.57. The minimum Gasteiger partial charge on any atom is -0.520 e. The summed E-state index contributed by atoms with van der Waals surface area (Å²) in [5.74, 6) is 0.874. The first kappa shape index (κ1) is 12.0. The molecule has 1 atom stereocenters. The summed E-state index contributed by atoms with van der Waals surface area (Å²) in [5.41, 5.74) is 1.10. The van der Waals surface area contributed by atoms with Crippen LogP contribution in [0.5, 0.6) is 5.75 Å². The SMILES string of the molecule is C=Cc1ccc(O[Si](C)(CC)OC)cc1. The lowest BCUT2D eigenvalue weighted by Gasteiger charge is -2.24. The molecular weight excluding hydrogens is 204 g/mol. The zero-order valence-corrected chi connectivity index (χ0v) is 10.6. The van der Waals surface area contributed by atoms with Crippen molar-refractivity contribution in [2.24, 2.45) is 0 Å². The predicted octanol–water partition coefficient (Wildman–Crippen LogP) is 3.45. The maximum Gasteiger partial charge on any atom is 0.395 e. The molecule has 0 saturated heterocycles. The first-order valence-corrected chi connectivity index (χ1v) is 7.62. The molecule has 0 bridgehead atoms. The van der Waals surface area contributed by atoms with Crippen molar-refractivity contribution < 1.29 is 8.85 Å². The molecule has 0 saturated carbocycles. The summed E-state index contributed by atoms with van der Waals surface area (Å²) in [6.45, 7) is 7.87. The van der Waals surface area contributed by atoms with Crippen LogP contribution in [0.3, 0.4) is 0 Å². The molecule has 0 spiro atoms. The van der Waals surface area contributed by atoms with E-state index in [1.807, 2.05) is 30.3 Å². The zero-order chi connectivity index (χ0) is 11.3. The first-order valence-electron chi connectivity index (χ1n) is 5.10. The van der Waals surface area contributed by atoms with Crippen LogP contribution in [0.4, 0.5) is 0 Å². The molecule has 0 aromatic heterocycles. The molecule has 1 unspecified atom stereocenters. The van der Waals surface area contributed by atoms with E-state index in [0.29, 0.717) is 0 Å². The van der Waals surface area contributed by atoms with Crippen molar-refractivity contribution in [1.29, 1.82) is 0 Å². The van der Waals surface area contributed by atoms with E-state index in [1.54, 1.807) is 7.11 Å². The van der Waals surface area contributed by atoms with Crippen molar-refractivity contribution in [3.05, 3.63) is 36.4 Å². The summed E-state index contributed by atoms with van der Waals surface area (Å²) in [7, 11) is -0.275. The molecule has 1 aromatic rings. The third-order valence-electron chi connectivity index (χ3n) is 2.52. The molecule has 0 heterocycles. The van der Waals surface area contributed by atoms with Crippen LogP contribution >= 0.6 is 0 Å². The molecular formula is C12H18O2Si. The maximum atomic E-state index is 5.88. The Morgan fingerprint density at radius 3 is 2.33 bits per heavy atom. The van der Waals surface area contributed by atoms with Gasteiger partial charge in [0.1, 0.15) is 5.75 Å². The molecule has 82 valence electrons. The second kappa shape index (κ2) is 5.14. The Hall–Kier alpha value is -1.06. The number of rotatable bonds is 5. The predicted molar refractivity (Wildman–Crippen MR) is 66.3 cm³/mol. The molecule has 0 aliphatic carbocycles. The van der Waals surface area contributed by atoms with Crippen LogP contribution in [0.15, 0.2) is 30.8 Å². The fraction of sp³-hybridized carbons (Fsp3) is 0.333. The minimum atomic E-state index is -1.99. The van der Waals surface area contributed by atoms with Crippen molar-refractivity contribution in [2.75, 3.05) is 7.11 Å². The van der Waals surface area contributed by atoms with Crippen LogP contribution in [-0.4, -0.2) is 15.7 Å². The van der Waals surface area contributed by atoms with E-state index >= 15 is 0 Å². The van der Waals surface area contributed by atoms with Gasteiger partial charge < -0.3 is 8.85 Å². The van der Waals surface area contributed by atoms with Crippen LogP contribution in [-0.2, 0) is 4.43 Å². The molecule has 3 heteroatoms. The summed E-state index contributed by atoms with van der Waals surface area (Å²) >= 11 is 0. The summed E-state index contributed by atoms with van der Waals surface area (Å²) in [6.07, 6.45) is 1.82. The fourth-order valence-electron chi connectivity index (χ4n) is 1.18. The molecule has 15 heavy (non-hydrogen) atoms. The topological polar surface area (TPSA) is 18.5 Å². The van der Waals surface area contributed by atoms with E-state index in [9.17, 15) is 0 Å². The van der Waals surface area contributed by atoms with Gasteiger partial charge in [-0.25, -0.2) is 0 Å². The third-order valence-corrected chi connectivity index (χ3v) is 5.34. The van der Waals surface area contributed by atoms with Gasteiger partial charge in [0.25, 0.3) is 0 Å². The molecule has 0 amide bonds. The molecule has 0 N–H and O–H groups in total. The average molecular weight is 222 g/mol. The second-order valence-corrected chi connectivity index (χ2v) is 7.15. The Bertz CT molecular complexity index is 315. The van der Waals surface area contributed by atoms with Crippen molar-refractivity contribution in [3.8, 4) is 5.75 Å². The Morgan fingerprint density at radius 2 is 1.93 bits per heavy atom. The van der Waals surface area contributed by atoms with E-state index in [0.717, 1.165) is 17.4 Å². The van der Waals surface area contributed by atoms with E-state index in [-0.39, 0.29) is 0 Å². The molecule has 0 aliphatic heterocycles. The van der Waals surface area contributed by atoms with Gasteiger partial charge in [0.05, 0.1) is 0 Å². The lowest BCUT2D eigenvalue weighted by atomic mass is 10.2. The van der Waals surface area contributed by atoms with Crippen LogP contribution in [0.2, 0.25) is 12.6 Å². The molecule has 1 aromatic carbocycles. The van der Waals surface area contributed by atoms with Gasteiger partial charge in [-0.05, 0) is 30.3 Å². The number of hydrogen-bond donors (Lipinski definition) is 0. The molecule has 0 fully saturated rings. The van der Waals surface area contributed by atoms with Crippen LogP contribution in [0, 0.1) is 0 Å². The monoisotopic (exact) mass is 222 g/mol. The maximum absolute atomic E-state index is 5.88. The number of hydrogen-bond acceptors (Lipinski definition) is 2. The molecule has 2 nitrogen and oxygen atoms in total. The molecule has 0 radical (unpaired) electrons. The Kier molecular flexibility index (Phi) is 4.12. The van der Waals surface area contributed by atoms with Gasteiger partial charge in [0.2, 0.25) is 0 Å². The standard InChI is InChI=1S/C12H18O2Si/c1-5-11-7-9-12(10-8-11)14-15(4,6-2)13-3/h5,7-10H,1,6H2,2-4H3. The highest BCUT2D eigenvalue weighted by Gasteiger charge is 2.29. The summed E-state index contributed by atoms with van der Waals surface area (Å²) in [5, 5.41) is 0. The van der Waals surface area contributed by atoms with E-state index in [2.05, 4.69) is 20.0 Å². The molecule has 0 aliphatic rings. The number of benzene rings is 1. The fourth-order valence-corrected chi connectivity index (χ4v) is 2.33. The average Bonchev–Trinajstić information content (AvgIpc) is 2.30. The minimum absolute atomic E-state index is 0.874. The highest BCUT2D eigenvalue weighted by atomic mass is 28.4. The Labute approximate surface area is 92.8 Å². The van der Waals surface area contributed by atoms with Gasteiger partial charge in [0.15, 0.2) is 0 Å². The largest absolute Gasteiger partial charge is 0.520 e. The normalized spacial score (nSPS) is 14.3. The lowest BCUT2D eigenvalue weighted by molar-refractivity contribution is 0.307. The summed E-state index contributed by atoms with van der Waals surface area (Å²) in [6, 6.07) is 8.82. The van der Waals surface area contributed by atoms with Gasteiger partial charge in [-0.2, -0.15) is 0 Å². The third kappa shape index (κ3) is 3.22. The first-order chi connectivity index (χ1) is 7.13. The van der Waals surface area contributed by atoms with Crippen LogP contribution < -0.4 is 4.43 Å². The zero-order valence-electron chi connectivity index (χ0n) is 9.62. The van der Waals surface area contributed by atoms with E-state index in [4.69, 9.17) is 8.85 Å². The highest BCUT2D eigenvalue weighted by Crippen LogP contribution is 2.19. The van der Waals surface area contributed by atoms with Crippen molar-refractivity contribution in [2.45, 2.75) is 19.5 Å². The summed E-state index contributed by atoms with van der Waals surface area (Å²) < 4.78 is 11.3.